The van der Waals surface area contributed by atoms with Crippen molar-refractivity contribution in [2.45, 2.75) is 38.5 Å². The predicted molar refractivity (Wildman–Crippen MR) is 118 cm³/mol. The van der Waals surface area contributed by atoms with Crippen LogP contribution in [0.2, 0.25) is 0 Å². The summed E-state index contributed by atoms with van der Waals surface area (Å²) in [6, 6.07) is 6.10. The van der Waals surface area contributed by atoms with Crippen LogP contribution in [0.3, 0.4) is 0 Å². The van der Waals surface area contributed by atoms with Crippen LogP contribution < -0.4 is 9.47 Å². The fraction of sp³-hybridized carbons (Fsp3) is 0.739. The number of nitrogens with zero attached hydrogens (tertiary/aromatic N) is 3. The molecule has 1 atom stereocenters. The van der Waals surface area contributed by atoms with E-state index in [0.717, 1.165) is 70.9 Å². The fourth-order valence-corrected chi connectivity index (χ4v) is 4.32. The third-order valence-corrected chi connectivity index (χ3v) is 6.31. The van der Waals surface area contributed by atoms with E-state index in [4.69, 9.17) is 14.2 Å². The predicted octanol–water partition coefficient (Wildman–Crippen LogP) is 1.68. The Morgan fingerprint density at radius 3 is 2.30 bits per heavy atom. The van der Waals surface area contributed by atoms with Crippen LogP contribution in [-0.4, -0.2) is 105 Å². The van der Waals surface area contributed by atoms with Crippen LogP contribution in [-0.2, 0) is 11.3 Å². The molecular formula is C23H39N3O4. The standard InChI is InChI=1S/C23H39N3O4/c1-4-24-11-13-26(14-12-24)17-20(27)18-30-22-6-5-19(15-23(22)29-3)16-25-9-7-21(28-2)8-10-25/h5-6,15,20-21,27H,4,7-14,16-18H2,1-3H3. The highest BCUT2D eigenvalue weighted by Gasteiger charge is 2.20. The van der Waals surface area contributed by atoms with Crippen LogP contribution >= 0.6 is 0 Å². The molecule has 1 unspecified atom stereocenters. The number of benzene rings is 1. The second-order valence-corrected chi connectivity index (χ2v) is 8.40. The summed E-state index contributed by atoms with van der Waals surface area (Å²) in [7, 11) is 3.47. The van der Waals surface area contributed by atoms with Crippen LogP contribution in [0.25, 0.3) is 0 Å². The quantitative estimate of drug-likeness (QED) is 0.617. The Morgan fingerprint density at radius 1 is 0.967 bits per heavy atom. The lowest BCUT2D eigenvalue weighted by atomic mass is 10.1. The third kappa shape index (κ3) is 6.82. The maximum absolute atomic E-state index is 10.4. The van der Waals surface area contributed by atoms with Gasteiger partial charge < -0.3 is 24.2 Å². The normalized spacial score (nSPS) is 20.9. The number of β-amino-alcohol motifs (C(OH)–C–C–N with tert-alkyl or cyclic N) is 1. The van der Waals surface area contributed by atoms with E-state index in [9.17, 15) is 5.11 Å². The van der Waals surface area contributed by atoms with E-state index in [1.807, 2.05) is 12.1 Å². The van der Waals surface area contributed by atoms with E-state index >= 15 is 0 Å². The maximum atomic E-state index is 10.4. The first-order chi connectivity index (χ1) is 14.6. The number of hydrogen-bond donors (Lipinski definition) is 1. The smallest absolute Gasteiger partial charge is 0.161 e. The molecule has 2 saturated heterocycles. The van der Waals surface area contributed by atoms with E-state index in [0.29, 0.717) is 18.4 Å². The van der Waals surface area contributed by atoms with Gasteiger partial charge in [-0.15, -0.1) is 0 Å². The van der Waals surface area contributed by atoms with Crippen molar-refractivity contribution in [2.24, 2.45) is 0 Å². The van der Waals surface area contributed by atoms with Crippen molar-refractivity contribution in [3.05, 3.63) is 23.8 Å². The Hall–Kier alpha value is -1.38. The first-order valence-electron chi connectivity index (χ1n) is 11.3. The Labute approximate surface area is 181 Å². The van der Waals surface area contributed by atoms with Gasteiger partial charge in [0.1, 0.15) is 12.7 Å². The zero-order valence-electron chi connectivity index (χ0n) is 18.9. The van der Waals surface area contributed by atoms with Gasteiger partial charge in [0.15, 0.2) is 11.5 Å². The van der Waals surface area contributed by atoms with Gasteiger partial charge in [-0.25, -0.2) is 0 Å². The van der Waals surface area contributed by atoms with Crippen molar-refractivity contribution in [1.29, 1.82) is 0 Å². The molecule has 0 radical (unpaired) electrons. The Morgan fingerprint density at radius 2 is 1.67 bits per heavy atom. The summed E-state index contributed by atoms with van der Waals surface area (Å²) >= 11 is 0. The van der Waals surface area contributed by atoms with Gasteiger partial charge in [-0.3, -0.25) is 9.80 Å². The number of piperidine rings is 1. The lowest BCUT2D eigenvalue weighted by Crippen LogP contribution is -2.49. The van der Waals surface area contributed by atoms with Crippen molar-refractivity contribution in [1.82, 2.24) is 14.7 Å². The van der Waals surface area contributed by atoms with Crippen LogP contribution in [0.15, 0.2) is 18.2 Å². The van der Waals surface area contributed by atoms with Crippen LogP contribution in [0.1, 0.15) is 25.3 Å². The zero-order chi connectivity index (χ0) is 21.3. The van der Waals surface area contributed by atoms with Gasteiger partial charge in [0, 0.05) is 59.5 Å². The fourth-order valence-electron chi connectivity index (χ4n) is 4.32. The minimum absolute atomic E-state index is 0.272. The second-order valence-electron chi connectivity index (χ2n) is 8.40. The average Bonchev–Trinajstić information content (AvgIpc) is 2.79. The molecule has 1 N–H and O–H groups in total. The molecule has 0 aliphatic carbocycles. The van der Waals surface area contributed by atoms with Gasteiger partial charge >= 0.3 is 0 Å². The molecule has 30 heavy (non-hydrogen) atoms. The Kier molecular flexibility index (Phi) is 9.21. The van der Waals surface area contributed by atoms with Gasteiger partial charge in [0.2, 0.25) is 0 Å². The van der Waals surface area contributed by atoms with E-state index < -0.39 is 6.10 Å². The molecule has 0 amide bonds. The summed E-state index contributed by atoms with van der Waals surface area (Å²) in [6.07, 6.45) is 2.05. The highest BCUT2D eigenvalue weighted by Crippen LogP contribution is 2.29. The van der Waals surface area contributed by atoms with Crippen molar-refractivity contribution in [3.8, 4) is 11.5 Å². The number of methoxy groups -OCH3 is 2. The number of aliphatic hydroxyl groups excluding tert-OH is 1. The van der Waals surface area contributed by atoms with Crippen molar-refractivity contribution in [3.63, 3.8) is 0 Å². The largest absolute Gasteiger partial charge is 0.493 e. The first-order valence-corrected chi connectivity index (χ1v) is 11.3. The lowest BCUT2D eigenvalue weighted by Gasteiger charge is -2.34. The minimum Gasteiger partial charge on any atom is -0.493 e. The number of ether oxygens (including phenoxy) is 3. The zero-order valence-corrected chi connectivity index (χ0v) is 18.9. The van der Waals surface area contributed by atoms with Crippen LogP contribution in [0, 0.1) is 0 Å². The summed E-state index contributed by atoms with van der Waals surface area (Å²) < 4.78 is 16.9. The summed E-state index contributed by atoms with van der Waals surface area (Å²) in [4.78, 5) is 7.20. The molecule has 170 valence electrons. The van der Waals surface area contributed by atoms with Crippen molar-refractivity contribution in [2.75, 3.05) is 73.2 Å². The molecule has 2 aliphatic heterocycles. The molecule has 7 heteroatoms. The molecule has 7 nitrogen and oxygen atoms in total. The number of rotatable bonds is 10. The maximum Gasteiger partial charge on any atom is 0.161 e. The Bertz CT molecular complexity index is 629. The number of hydrogen-bond acceptors (Lipinski definition) is 7. The molecule has 0 bridgehead atoms. The molecular weight excluding hydrogens is 382 g/mol. The molecule has 0 spiro atoms. The molecule has 2 aliphatic rings. The van der Waals surface area contributed by atoms with Gasteiger partial charge in [0.25, 0.3) is 0 Å². The van der Waals surface area contributed by atoms with Crippen molar-refractivity contribution < 1.29 is 19.3 Å². The van der Waals surface area contributed by atoms with Crippen LogP contribution in [0.5, 0.6) is 11.5 Å². The summed E-state index contributed by atoms with van der Waals surface area (Å²) in [5.41, 5.74) is 1.21. The number of likely N-dealkylation sites (N-methyl/N-ethyl adjacent to an activating group) is 1. The molecule has 1 aromatic carbocycles. The molecule has 0 aromatic heterocycles. The SMILES string of the molecule is CCN1CCN(CC(O)COc2ccc(CN3CCC(OC)CC3)cc2OC)CC1. The molecule has 1 aromatic rings. The van der Waals surface area contributed by atoms with E-state index in [1.54, 1.807) is 14.2 Å². The summed E-state index contributed by atoms with van der Waals surface area (Å²) in [5, 5.41) is 10.4. The molecule has 2 fully saturated rings. The monoisotopic (exact) mass is 421 g/mol. The second kappa shape index (κ2) is 11.9. The molecule has 0 saturated carbocycles. The molecule has 3 rings (SSSR count). The number of likely N-dealkylation sites (tertiary alicyclic amines) is 1. The number of aliphatic hydroxyl groups is 1. The minimum atomic E-state index is -0.510. The highest BCUT2D eigenvalue weighted by molar-refractivity contribution is 5.43. The third-order valence-electron chi connectivity index (χ3n) is 6.31. The van der Waals surface area contributed by atoms with Gasteiger partial charge in [-0.2, -0.15) is 0 Å². The molecule has 2 heterocycles. The highest BCUT2D eigenvalue weighted by atomic mass is 16.5. The van der Waals surface area contributed by atoms with Gasteiger partial charge in [-0.1, -0.05) is 13.0 Å². The van der Waals surface area contributed by atoms with E-state index in [-0.39, 0.29) is 6.61 Å². The topological polar surface area (TPSA) is 57.6 Å². The van der Waals surface area contributed by atoms with Crippen LogP contribution in [0.4, 0.5) is 0 Å². The lowest BCUT2D eigenvalue weighted by molar-refractivity contribution is 0.0388. The first kappa shape index (κ1) is 23.3. The van der Waals surface area contributed by atoms with Gasteiger partial charge in [0.05, 0.1) is 13.2 Å². The average molecular weight is 422 g/mol. The number of piperazine rings is 1. The van der Waals surface area contributed by atoms with Crippen molar-refractivity contribution >= 4 is 0 Å². The summed E-state index contributed by atoms with van der Waals surface area (Å²) in [5.74, 6) is 1.41. The summed E-state index contributed by atoms with van der Waals surface area (Å²) in [6.45, 7) is 11.4. The van der Waals surface area contributed by atoms with E-state index in [1.165, 1.54) is 5.56 Å². The van der Waals surface area contributed by atoms with Gasteiger partial charge in [-0.05, 0) is 37.1 Å². The van der Waals surface area contributed by atoms with E-state index in [2.05, 4.69) is 27.7 Å². The Balaban J connectivity index is 1.45.